The molecule has 0 aromatic carbocycles. The van der Waals surface area contributed by atoms with Crippen LogP contribution in [0.25, 0.3) is 0 Å². The maximum absolute atomic E-state index is 5.63. The number of hydrogen-bond acceptors (Lipinski definition) is 1. The molecule has 0 radical (unpaired) electrons. The Kier molecular flexibility index (Phi) is 18.9. The Morgan fingerprint density at radius 1 is 0.567 bits per heavy atom. The average molecular weight is 446 g/mol. The zero-order chi connectivity index (χ0) is 21.3. The molecule has 0 saturated carbocycles. The summed E-state index contributed by atoms with van der Waals surface area (Å²) in [6, 6.07) is 0. The standard InChI is InChI=1S/C27H56NO.ClH/c1-5-6-7-8-9-10-11-12-13-14-15-16-17-18-19-20-21-22-23-24-25-28(3,4)27(2)26-29-27;/h5-26H2,1-4H3;1H/q+1;/p-1. The monoisotopic (exact) mass is 445 g/mol. The maximum Gasteiger partial charge on any atom is 0.224 e. The summed E-state index contributed by atoms with van der Waals surface area (Å²) in [5, 5.41) is 0. The van der Waals surface area contributed by atoms with Gasteiger partial charge in [-0.15, -0.1) is 0 Å². The zero-order valence-corrected chi connectivity index (χ0v) is 22.0. The number of ether oxygens (including phenoxy) is 1. The number of quaternary nitrogens is 1. The minimum Gasteiger partial charge on any atom is -1.00 e. The predicted molar refractivity (Wildman–Crippen MR) is 129 cm³/mol. The molecular formula is C27H56ClNO. The second kappa shape index (κ2) is 18.8. The number of likely N-dealkylation sites (N-methyl/N-ethyl adjacent to an activating group) is 1. The lowest BCUT2D eigenvalue weighted by molar-refractivity contribution is -0.935. The first-order chi connectivity index (χ1) is 14.0. The Balaban J connectivity index is 0.00000841. The highest BCUT2D eigenvalue weighted by atomic mass is 35.5. The Morgan fingerprint density at radius 3 is 1.10 bits per heavy atom. The van der Waals surface area contributed by atoms with Crippen molar-refractivity contribution >= 4 is 0 Å². The molecule has 1 aliphatic rings. The largest absolute Gasteiger partial charge is 1.00 e. The molecule has 182 valence electrons. The third kappa shape index (κ3) is 15.1. The van der Waals surface area contributed by atoms with Gasteiger partial charge in [0.15, 0.2) is 0 Å². The van der Waals surface area contributed by atoms with E-state index in [1.807, 2.05) is 0 Å². The van der Waals surface area contributed by atoms with E-state index in [-0.39, 0.29) is 18.1 Å². The van der Waals surface area contributed by atoms with Gasteiger partial charge in [-0.2, -0.15) is 0 Å². The second-order valence-electron chi connectivity index (χ2n) is 10.6. The van der Waals surface area contributed by atoms with E-state index in [2.05, 4.69) is 27.9 Å². The van der Waals surface area contributed by atoms with Crippen molar-refractivity contribution in [3.8, 4) is 0 Å². The van der Waals surface area contributed by atoms with Crippen molar-refractivity contribution in [2.45, 2.75) is 148 Å². The highest BCUT2D eigenvalue weighted by molar-refractivity contribution is 4.75. The lowest BCUT2D eigenvalue weighted by Crippen LogP contribution is -3.00. The molecule has 1 unspecified atom stereocenters. The van der Waals surface area contributed by atoms with E-state index < -0.39 is 0 Å². The highest BCUT2D eigenvalue weighted by Crippen LogP contribution is 2.35. The normalized spacial score (nSPS) is 18.4. The van der Waals surface area contributed by atoms with Gasteiger partial charge in [0, 0.05) is 6.92 Å². The molecule has 0 amide bonds. The maximum atomic E-state index is 5.63. The van der Waals surface area contributed by atoms with E-state index in [0.29, 0.717) is 0 Å². The first-order valence-corrected chi connectivity index (χ1v) is 13.5. The van der Waals surface area contributed by atoms with Crippen LogP contribution < -0.4 is 12.4 Å². The Bertz CT molecular complexity index is 368. The van der Waals surface area contributed by atoms with Crippen LogP contribution in [0.15, 0.2) is 0 Å². The molecule has 3 heteroatoms. The minimum absolute atomic E-state index is 0. The summed E-state index contributed by atoms with van der Waals surface area (Å²) in [5.41, 5.74) is 0.119. The van der Waals surface area contributed by atoms with Gasteiger partial charge in [-0.25, -0.2) is 0 Å². The van der Waals surface area contributed by atoms with Crippen LogP contribution in [0.4, 0.5) is 0 Å². The van der Waals surface area contributed by atoms with Crippen molar-refractivity contribution < 1.29 is 21.6 Å². The van der Waals surface area contributed by atoms with Crippen molar-refractivity contribution in [1.82, 2.24) is 0 Å². The summed E-state index contributed by atoms with van der Waals surface area (Å²) in [4.78, 5) is 0. The van der Waals surface area contributed by atoms with Gasteiger partial charge >= 0.3 is 0 Å². The first-order valence-electron chi connectivity index (χ1n) is 13.5. The van der Waals surface area contributed by atoms with Gasteiger partial charge in [-0.1, -0.05) is 122 Å². The van der Waals surface area contributed by atoms with Crippen molar-refractivity contribution in [3.05, 3.63) is 0 Å². The second-order valence-corrected chi connectivity index (χ2v) is 10.6. The molecule has 0 aliphatic carbocycles. The quantitative estimate of drug-likeness (QED) is 0.119. The minimum atomic E-state index is 0. The molecule has 30 heavy (non-hydrogen) atoms. The third-order valence-electron chi connectivity index (χ3n) is 7.41. The summed E-state index contributed by atoms with van der Waals surface area (Å²) >= 11 is 0. The van der Waals surface area contributed by atoms with Crippen LogP contribution in [0.3, 0.4) is 0 Å². The Labute approximate surface area is 196 Å². The molecule has 0 aromatic rings. The van der Waals surface area contributed by atoms with Gasteiger partial charge in [0.1, 0.15) is 6.61 Å². The molecule has 0 N–H and O–H groups in total. The molecule has 1 atom stereocenters. The van der Waals surface area contributed by atoms with Gasteiger partial charge in [0.05, 0.1) is 20.6 Å². The van der Waals surface area contributed by atoms with Gasteiger partial charge < -0.3 is 17.1 Å². The van der Waals surface area contributed by atoms with Crippen molar-refractivity contribution in [2.75, 3.05) is 27.2 Å². The molecule has 0 spiro atoms. The molecule has 0 aromatic heterocycles. The van der Waals surface area contributed by atoms with Crippen LogP contribution in [-0.2, 0) is 4.74 Å². The smallest absolute Gasteiger partial charge is 0.224 e. The SMILES string of the molecule is CCCCCCCCCCCCCCCCCCCCCC[N+](C)(C)C1(C)CO1.[Cl-]. The predicted octanol–water partition coefficient (Wildman–Crippen LogP) is 5.64. The van der Waals surface area contributed by atoms with Crippen LogP contribution in [0.5, 0.6) is 0 Å². The number of halogens is 1. The average Bonchev–Trinajstić information content (AvgIpc) is 3.46. The fourth-order valence-corrected chi connectivity index (χ4v) is 4.45. The van der Waals surface area contributed by atoms with Gasteiger partial charge in [-0.05, 0) is 12.8 Å². The zero-order valence-electron chi connectivity index (χ0n) is 21.3. The van der Waals surface area contributed by atoms with E-state index in [4.69, 9.17) is 4.74 Å². The first kappa shape index (κ1) is 30.2. The molecule has 2 nitrogen and oxygen atoms in total. The molecule has 1 saturated heterocycles. The molecule has 1 aliphatic heterocycles. The van der Waals surface area contributed by atoms with Crippen LogP contribution in [0.1, 0.15) is 142 Å². The molecule has 1 heterocycles. The van der Waals surface area contributed by atoms with E-state index in [1.54, 1.807) is 0 Å². The fourth-order valence-electron chi connectivity index (χ4n) is 4.45. The Morgan fingerprint density at radius 2 is 0.833 bits per heavy atom. The van der Waals surface area contributed by atoms with E-state index in [0.717, 1.165) is 11.1 Å². The third-order valence-corrected chi connectivity index (χ3v) is 7.41. The van der Waals surface area contributed by atoms with Crippen molar-refractivity contribution in [2.24, 2.45) is 0 Å². The molecule has 1 fully saturated rings. The number of epoxide rings is 1. The summed E-state index contributed by atoms with van der Waals surface area (Å²) in [6.45, 7) is 6.76. The Hall–Kier alpha value is 0.210. The topological polar surface area (TPSA) is 12.5 Å². The van der Waals surface area contributed by atoms with Crippen LogP contribution in [-0.4, -0.2) is 37.5 Å². The number of rotatable bonds is 22. The number of hydrogen-bond donors (Lipinski definition) is 0. The van der Waals surface area contributed by atoms with E-state index in [1.165, 1.54) is 135 Å². The summed E-state index contributed by atoms with van der Waals surface area (Å²) in [5.74, 6) is 0. The lowest BCUT2D eigenvalue weighted by Gasteiger charge is -2.33. The molecule has 1 rings (SSSR count). The van der Waals surface area contributed by atoms with Crippen LogP contribution in [0, 0.1) is 0 Å². The number of nitrogens with zero attached hydrogens (tertiary/aromatic N) is 1. The van der Waals surface area contributed by atoms with Gasteiger partial charge in [0.2, 0.25) is 5.72 Å². The lowest BCUT2D eigenvalue weighted by atomic mass is 10.0. The van der Waals surface area contributed by atoms with E-state index >= 15 is 0 Å². The van der Waals surface area contributed by atoms with Crippen LogP contribution >= 0.6 is 0 Å². The van der Waals surface area contributed by atoms with Gasteiger partial charge in [-0.3, -0.25) is 4.48 Å². The molecular weight excluding hydrogens is 390 g/mol. The number of unbranched alkanes of at least 4 members (excludes halogenated alkanes) is 19. The van der Waals surface area contributed by atoms with Crippen molar-refractivity contribution in [3.63, 3.8) is 0 Å². The molecule has 0 bridgehead atoms. The highest BCUT2D eigenvalue weighted by Gasteiger charge is 2.53. The van der Waals surface area contributed by atoms with Crippen molar-refractivity contribution in [1.29, 1.82) is 0 Å². The van der Waals surface area contributed by atoms with Gasteiger partial charge in [0.25, 0.3) is 0 Å². The summed E-state index contributed by atoms with van der Waals surface area (Å²) < 4.78 is 6.66. The fraction of sp³-hybridized carbons (Fsp3) is 1.00. The van der Waals surface area contributed by atoms with Crippen LogP contribution in [0.2, 0.25) is 0 Å². The summed E-state index contributed by atoms with van der Waals surface area (Å²) in [7, 11) is 4.64. The van der Waals surface area contributed by atoms with E-state index in [9.17, 15) is 0 Å². The summed E-state index contributed by atoms with van der Waals surface area (Å²) in [6.07, 6.45) is 29.1.